The van der Waals surface area contributed by atoms with Gasteiger partial charge in [0.2, 0.25) is 0 Å². The number of aldehydes is 1. The van der Waals surface area contributed by atoms with Crippen molar-refractivity contribution in [3.05, 3.63) is 36.0 Å². The number of benzene rings is 1. The van der Waals surface area contributed by atoms with E-state index < -0.39 is 0 Å². The minimum Gasteiger partial charge on any atom is -0.493 e. The minimum absolute atomic E-state index is 0.0592. The summed E-state index contributed by atoms with van der Waals surface area (Å²) in [5.41, 5.74) is 2.67. The molecule has 1 N–H and O–H groups in total. The van der Waals surface area contributed by atoms with Crippen LogP contribution in [-0.4, -0.2) is 33.9 Å². The zero-order chi connectivity index (χ0) is 20.2. The summed E-state index contributed by atoms with van der Waals surface area (Å²) in [6, 6.07) is 7.60. The van der Waals surface area contributed by atoms with Crippen LogP contribution in [-0.2, 0) is 0 Å². The van der Waals surface area contributed by atoms with Gasteiger partial charge in [-0.3, -0.25) is 4.79 Å². The average Bonchev–Trinajstić information content (AvgIpc) is 3.16. The number of rotatable bonds is 7. The molecule has 0 unspecified atom stereocenters. The van der Waals surface area contributed by atoms with Crippen LogP contribution >= 0.6 is 0 Å². The summed E-state index contributed by atoms with van der Waals surface area (Å²) in [5.74, 6) is 2.83. The first-order chi connectivity index (χ1) is 14.1. The number of nitrogens with zero attached hydrogens (tertiary/aromatic N) is 2. The maximum absolute atomic E-state index is 11.0. The second kappa shape index (κ2) is 8.64. The molecule has 0 amide bonds. The second-order valence-electron chi connectivity index (χ2n) is 8.01. The summed E-state index contributed by atoms with van der Waals surface area (Å²) in [6.45, 7) is 4.73. The van der Waals surface area contributed by atoms with Crippen molar-refractivity contribution in [2.24, 2.45) is 5.92 Å². The maximum Gasteiger partial charge on any atom is 0.157 e. The van der Waals surface area contributed by atoms with Crippen LogP contribution < -0.4 is 9.47 Å². The molecule has 4 rings (SSSR count). The van der Waals surface area contributed by atoms with Crippen LogP contribution in [0.3, 0.4) is 0 Å². The van der Waals surface area contributed by atoms with Gasteiger partial charge in [-0.2, -0.15) is 0 Å². The van der Waals surface area contributed by atoms with Crippen molar-refractivity contribution >= 4 is 17.5 Å². The predicted molar refractivity (Wildman–Crippen MR) is 113 cm³/mol. The Balaban J connectivity index is 1.63. The summed E-state index contributed by atoms with van der Waals surface area (Å²) >= 11 is 0. The molecule has 0 bridgehead atoms. The van der Waals surface area contributed by atoms with Gasteiger partial charge in [-0.05, 0) is 50.8 Å². The number of pyridine rings is 1. The zero-order valence-electron chi connectivity index (χ0n) is 17.0. The third kappa shape index (κ3) is 4.75. The molecule has 1 aromatic carbocycles. The van der Waals surface area contributed by atoms with E-state index in [1.165, 1.54) is 38.3 Å². The highest BCUT2D eigenvalue weighted by atomic mass is 16.5. The topological polar surface area (TPSA) is 77.1 Å². The van der Waals surface area contributed by atoms with Crippen molar-refractivity contribution in [3.63, 3.8) is 0 Å². The third-order valence-corrected chi connectivity index (χ3v) is 5.23. The van der Waals surface area contributed by atoms with Gasteiger partial charge >= 0.3 is 0 Å². The lowest BCUT2D eigenvalue weighted by molar-refractivity contribution is 0.112. The number of imidazole rings is 1. The SMILES string of the molecule is CC(C)Oc1cc(OCC2CCCCC2)cc(-c2nc3cc(C=O)cnc3[nH]2)c1. The molecule has 1 aliphatic carbocycles. The molecule has 1 fully saturated rings. The number of hydrogen-bond donors (Lipinski definition) is 1. The first-order valence-electron chi connectivity index (χ1n) is 10.4. The molecular weight excluding hydrogens is 366 g/mol. The average molecular weight is 393 g/mol. The predicted octanol–water partition coefficient (Wildman–Crippen LogP) is 5.18. The molecule has 0 atom stereocenters. The van der Waals surface area contributed by atoms with Gasteiger partial charge in [-0.25, -0.2) is 9.97 Å². The van der Waals surface area contributed by atoms with Gasteiger partial charge in [0.05, 0.1) is 12.7 Å². The Morgan fingerprint density at radius 1 is 1.14 bits per heavy atom. The zero-order valence-corrected chi connectivity index (χ0v) is 17.0. The Bertz CT molecular complexity index is 990. The van der Waals surface area contributed by atoms with E-state index >= 15 is 0 Å². The highest BCUT2D eigenvalue weighted by Crippen LogP contribution is 2.31. The van der Waals surface area contributed by atoms with Gasteiger partial charge in [0, 0.05) is 23.4 Å². The van der Waals surface area contributed by atoms with E-state index in [-0.39, 0.29) is 6.10 Å². The van der Waals surface area contributed by atoms with E-state index in [2.05, 4.69) is 15.0 Å². The van der Waals surface area contributed by atoms with Gasteiger partial charge < -0.3 is 14.5 Å². The number of aromatic nitrogens is 3. The molecule has 152 valence electrons. The van der Waals surface area contributed by atoms with Crippen molar-refractivity contribution in [1.82, 2.24) is 15.0 Å². The smallest absolute Gasteiger partial charge is 0.157 e. The lowest BCUT2D eigenvalue weighted by Crippen LogP contribution is -2.15. The van der Waals surface area contributed by atoms with Crippen molar-refractivity contribution in [2.75, 3.05) is 6.61 Å². The largest absolute Gasteiger partial charge is 0.493 e. The van der Waals surface area contributed by atoms with Crippen LogP contribution in [0.4, 0.5) is 0 Å². The summed E-state index contributed by atoms with van der Waals surface area (Å²) in [4.78, 5) is 23.1. The molecule has 6 heteroatoms. The molecule has 0 radical (unpaired) electrons. The molecular formula is C23H27N3O3. The van der Waals surface area contributed by atoms with E-state index in [1.807, 2.05) is 32.0 Å². The number of carbonyl (C=O) groups excluding carboxylic acids is 1. The van der Waals surface area contributed by atoms with E-state index in [0.29, 0.717) is 28.5 Å². The quantitative estimate of drug-likeness (QED) is 0.559. The molecule has 2 aromatic heterocycles. The summed E-state index contributed by atoms with van der Waals surface area (Å²) in [5, 5.41) is 0. The number of ether oxygens (including phenoxy) is 2. The molecule has 3 aromatic rings. The molecule has 0 saturated heterocycles. The molecule has 6 nitrogen and oxygen atoms in total. The van der Waals surface area contributed by atoms with E-state index in [9.17, 15) is 4.79 Å². The van der Waals surface area contributed by atoms with Gasteiger partial charge in [0.15, 0.2) is 11.9 Å². The number of H-pyrrole nitrogens is 1. The molecule has 1 saturated carbocycles. The number of carbonyl (C=O) groups is 1. The molecule has 2 heterocycles. The number of fused-ring (bicyclic) bond motifs is 1. The normalized spacial score (nSPS) is 15.0. The monoisotopic (exact) mass is 393 g/mol. The number of nitrogens with one attached hydrogen (secondary N) is 1. The van der Waals surface area contributed by atoms with Crippen LogP contribution in [0.5, 0.6) is 11.5 Å². The Morgan fingerprint density at radius 3 is 2.69 bits per heavy atom. The molecule has 0 aliphatic heterocycles. The lowest BCUT2D eigenvalue weighted by atomic mass is 9.90. The van der Waals surface area contributed by atoms with Gasteiger partial charge in [0.25, 0.3) is 0 Å². The highest BCUT2D eigenvalue weighted by Gasteiger charge is 2.16. The standard InChI is InChI=1S/C23H27N3O3/c1-15(2)29-20-10-18(9-19(11-20)28-14-16-6-4-3-5-7-16)22-25-21-8-17(13-27)12-24-23(21)26-22/h8-13,15-16H,3-7,14H2,1-2H3,(H,24,25,26). The fourth-order valence-corrected chi connectivity index (χ4v) is 3.81. The van der Waals surface area contributed by atoms with Crippen LogP contribution in [0.25, 0.3) is 22.6 Å². The number of hydrogen-bond acceptors (Lipinski definition) is 5. The van der Waals surface area contributed by atoms with Crippen molar-refractivity contribution in [2.45, 2.75) is 52.1 Å². The van der Waals surface area contributed by atoms with Gasteiger partial charge in [-0.15, -0.1) is 0 Å². The van der Waals surface area contributed by atoms with Crippen LogP contribution in [0.1, 0.15) is 56.3 Å². The van der Waals surface area contributed by atoms with Crippen molar-refractivity contribution < 1.29 is 14.3 Å². The van der Waals surface area contributed by atoms with Gasteiger partial charge in [-0.1, -0.05) is 19.3 Å². The van der Waals surface area contributed by atoms with Crippen LogP contribution in [0.2, 0.25) is 0 Å². The highest BCUT2D eigenvalue weighted by molar-refractivity contribution is 5.83. The van der Waals surface area contributed by atoms with Crippen molar-refractivity contribution in [1.29, 1.82) is 0 Å². The van der Waals surface area contributed by atoms with Crippen LogP contribution in [0, 0.1) is 5.92 Å². The minimum atomic E-state index is 0.0592. The van der Waals surface area contributed by atoms with E-state index in [4.69, 9.17) is 9.47 Å². The first kappa shape index (κ1) is 19.4. The van der Waals surface area contributed by atoms with E-state index in [1.54, 1.807) is 6.07 Å². The fourth-order valence-electron chi connectivity index (χ4n) is 3.81. The summed E-state index contributed by atoms with van der Waals surface area (Å²) in [7, 11) is 0. The van der Waals surface area contributed by atoms with E-state index in [0.717, 1.165) is 30.0 Å². The van der Waals surface area contributed by atoms with Crippen LogP contribution in [0.15, 0.2) is 30.5 Å². The summed E-state index contributed by atoms with van der Waals surface area (Å²) < 4.78 is 12.1. The second-order valence-corrected chi connectivity index (χ2v) is 8.01. The molecule has 29 heavy (non-hydrogen) atoms. The Hall–Kier alpha value is -2.89. The van der Waals surface area contributed by atoms with Crippen molar-refractivity contribution in [3.8, 4) is 22.9 Å². The molecule has 0 spiro atoms. The fraction of sp³-hybridized carbons (Fsp3) is 0.435. The Morgan fingerprint density at radius 2 is 1.93 bits per heavy atom. The first-order valence-corrected chi connectivity index (χ1v) is 10.4. The Labute approximate surface area is 170 Å². The Kier molecular flexibility index (Phi) is 5.79. The third-order valence-electron chi connectivity index (χ3n) is 5.23. The number of aromatic amines is 1. The molecule has 1 aliphatic rings. The summed E-state index contributed by atoms with van der Waals surface area (Å²) in [6.07, 6.45) is 8.78. The maximum atomic E-state index is 11.0. The van der Waals surface area contributed by atoms with Gasteiger partial charge in [0.1, 0.15) is 22.8 Å². The lowest BCUT2D eigenvalue weighted by Gasteiger charge is -2.22.